The van der Waals surface area contributed by atoms with Crippen LogP contribution in [0.1, 0.15) is 63.7 Å². The molecule has 3 atom stereocenters. The van der Waals surface area contributed by atoms with Gasteiger partial charge in [-0.3, -0.25) is 9.59 Å². The summed E-state index contributed by atoms with van der Waals surface area (Å²) >= 11 is 1.29. The molecule has 1 saturated heterocycles. The fourth-order valence-electron chi connectivity index (χ4n) is 5.89. The van der Waals surface area contributed by atoms with E-state index in [-0.39, 0.29) is 23.8 Å². The molecule has 3 aliphatic rings. The maximum Gasteiger partial charge on any atom is 0.262 e. The number of aryl methyl sites for hydroxylation is 1. The van der Waals surface area contributed by atoms with E-state index in [4.69, 9.17) is 21.9 Å². The number of nitrogen functional groups attached to an aromatic ring is 1. The Morgan fingerprint density at radius 3 is 2.65 bits per heavy atom. The van der Waals surface area contributed by atoms with Crippen LogP contribution in [0.25, 0.3) is 10.1 Å². The van der Waals surface area contributed by atoms with E-state index in [9.17, 15) is 9.59 Å². The molecule has 2 heterocycles. The molecule has 194 valence electrons. The van der Waals surface area contributed by atoms with Crippen LogP contribution in [-0.2, 0) is 10.3 Å². The summed E-state index contributed by atoms with van der Waals surface area (Å²) in [4.78, 5) is 30.2. The van der Waals surface area contributed by atoms with Gasteiger partial charge in [-0.05, 0) is 81.1 Å². The fraction of sp³-hybridized carbons (Fsp3) is 0.429. The number of anilines is 1. The summed E-state index contributed by atoms with van der Waals surface area (Å²) in [6, 6.07) is 8.23. The van der Waals surface area contributed by atoms with Crippen LogP contribution in [0.2, 0.25) is 0 Å². The topological polar surface area (TPSA) is 137 Å². The van der Waals surface area contributed by atoms with Crippen LogP contribution in [0.4, 0.5) is 5.69 Å². The number of ether oxygens (including phenoxy) is 1. The molecule has 0 spiro atoms. The van der Waals surface area contributed by atoms with Gasteiger partial charge in [-0.15, -0.1) is 11.3 Å². The number of hydrogen-bond acceptors (Lipinski definition) is 8. The standard InChI is InChI=1S/C28H33N5O3S/c1-14-12-17(36-16-5-6-16)7-8-18(14)28(31)19-9-10-20(29)24-21(19)22(23(30)26(28)34)25(37-24)27(35)32-15-4-3-11-33(2)13-15/h7-10,12,15-16,23H,3-6,11,13,29-31H2,1-2H3,(H,32,35). The van der Waals surface area contributed by atoms with Crippen molar-refractivity contribution in [3.8, 4) is 5.75 Å². The van der Waals surface area contributed by atoms with E-state index in [0.29, 0.717) is 27.3 Å². The number of rotatable bonds is 5. The molecule has 7 N–H and O–H groups in total. The number of nitrogens with two attached hydrogens (primary N) is 3. The highest BCUT2D eigenvalue weighted by Gasteiger charge is 2.49. The van der Waals surface area contributed by atoms with E-state index >= 15 is 0 Å². The van der Waals surface area contributed by atoms with Gasteiger partial charge in [-0.2, -0.15) is 0 Å². The zero-order valence-corrected chi connectivity index (χ0v) is 22.0. The lowest BCUT2D eigenvalue weighted by molar-refractivity contribution is -0.124. The van der Waals surface area contributed by atoms with Crippen molar-refractivity contribution in [1.82, 2.24) is 10.2 Å². The molecule has 1 saturated carbocycles. The number of Topliss-reactive ketones (excluding diaryl/α,β-unsaturated/α-hetero) is 1. The second-order valence-electron chi connectivity index (χ2n) is 10.8. The normalized spacial score (nSPS) is 25.9. The molecule has 37 heavy (non-hydrogen) atoms. The molecular formula is C28H33N5O3S. The van der Waals surface area contributed by atoms with Crippen molar-refractivity contribution in [3.05, 3.63) is 57.5 Å². The average molecular weight is 520 g/mol. The number of nitrogens with zero attached hydrogens (tertiary/aromatic N) is 1. The summed E-state index contributed by atoms with van der Waals surface area (Å²) in [5, 5.41) is 3.89. The van der Waals surface area contributed by atoms with Crippen LogP contribution < -0.4 is 27.3 Å². The molecule has 1 aromatic heterocycles. The van der Waals surface area contributed by atoms with Crippen molar-refractivity contribution < 1.29 is 14.3 Å². The SMILES string of the molecule is Cc1cc(OC2CC2)ccc1C1(N)C(=O)C(N)c2c(C(=O)NC3CCCN(C)C3)sc3c(N)ccc1c23. The molecule has 1 aliphatic heterocycles. The van der Waals surface area contributed by atoms with Crippen molar-refractivity contribution in [2.45, 2.75) is 56.3 Å². The number of nitrogens with one attached hydrogen (secondary N) is 1. The Labute approximate surface area is 220 Å². The average Bonchev–Trinajstić information content (AvgIpc) is 3.57. The Morgan fingerprint density at radius 1 is 1.19 bits per heavy atom. The minimum Gasteiger partial charge on any atom is -0.490 e. The third-order valence-electron chi connectivity index (χ3n) is 7.93. The summed E-state index contributed by atoms with van der Waals surface area (Å²) in [6.07, 6.45) is 4.33. The van der Waals surface area contributed by atoms with Gasteiger partial charge in [0, 0.05) is 29.2 Å². The number of carbonyl (C=O) groups is 2. The highest BCUT2D eigenvalue weighted by Crippen LogP contribution is 2.50. The Morgan fingerprint density at radius 2 is 1.95 bits per heavy atom. The molecule has 2 aromatic carbocycles. The van der Waals surface area contributed by atoms with Crippen LogP contribution in [0, 0.1) is 6.92 Å². The van der Waals surface area contributed by atoms with Crippen LogP contribution in [0.5, 0.6) is 5.75 Å². The Hall–Kier alpha value is -2.98. The zero-order chi connectivity index (χ0) is 26.1. The molecule has 3 aromatic rings. The number of likely N-dealkylation sites (tertiary alicyclic amines) is 1. The second kappa shape index (κ2) is 8.80. The van der Waals surface area contributed by atoms with Crippen LogP contribution in [0.15, 0.2) is 30.3 Å². The highest BCUT2D eigenvalue weighted by atomic mass is 32.1. The number of thiophene rings is 1. The molecule has 3 unspecified atom stereocenters. The Balaban J connectivity index is 1.46. The lowest BCUT2D eigenvalue weighted by atomic mass is 9.69. The summed E-state index contributed by atoms with van der Waals surface area (Å²) in [7, 11) is 2.05. The smallest absolute Gasteiger partial charge is 0.262 e. The van der Waals surface area contributed by atoms with Crippen molar-refractivity contribution >= 4 is 38.8 Å². The van der Waals surface area contributed by atoms with E-state index < -0.39 is 11.6 Å². The van der Waals surface area contributed by atoms with Crippen LogP contribution >= 0.6 is 11.3 Å². The zero-order valence-electron chi connectivity index (χ0n) is 21.2. The molecular weight excluding hydrogens is 486 g/mol. The third kappa shape index (κ3) is 3.92. The predicted molar refractivity (Wildman–Crippen MR) is 146 cm³/mol. The van der Waals surface area contributed by atoms with Gasteiger partial charge in [0.15, 0.2) is 5.78 Å². The van der Waals surface area contributed by atoms with E-state index in [2.05, 4.69) is 17.3 Å². The molecule has 6 rings (SSSR count). The van der Waals surface area contributed by atoms with Gasteiger partial charge in [0.05, 0.1) is 21.7 Å². The van der Waals surface area contributed by atoms with E-state index in [1.54, 1.807) is 6.07 Å². The molecule has 1 amide bonds. The van der Waals surface area contributed by atoms with Gasteiger partial charge in [-0.1, -0.05) is 12.1 Å². The summed E-state index contributed by atoms with van der Waals surface area (Å²) in [6.45, 7) is 3.74. The first-order valence-electron chi connectivity index (χ1n) is 12.9. The number of benzene rings is 2. The molecule has 9 heteroatoms. The van der Waals surface area contributed by atoms with Crippen molar-refractivity contribution in [2.75, 3.05) is 25.9 Å². The molecule has 0 bridgehead atoms. The minimum absolute atomic E-state index is 0.0450. The summed E-state index contributed by atoms with van der Waals surface area (Å²) in [5.41, 5.74) is 21.8. The van der Waals surface area contributed by atoms with Gasteiger partial charge in [0.1, 0.15) is 11.3 Å². The van der Waals surface area contributed by atoms with E-state index in [1.807, 2.05) is 31.2 Å². The van der Waals surface area contributed by atoms with E-state index in [1.165, 1.54) is 11.3 Å². The summed E-state index contributed by atoms with van der Waals surface area (Å²) in [5.74, 6) is 0.216. The molecule has 2 fully saturated rings. The molecule has 8 nitrogen and oxygen atoms in total. The first kappa shape index (κ1) is 24.4. The maximum absolute atomic E-state index is 14.0. The number of carbonyl (C=O) groups excluding carboxylic acids is 2. The molecule has 2 aliphatic carbocycles. The van der Waals surface area contributed by atoms with Crippen molar-refractivity contribution in [2.24, 2.45) is 11.5 Å². The Bertz CT molecular complexity index is 1430. The monoisotopic (exact) mass is 519 g/mol. The lowest BCUT2D eigenvalue weighted by Gasteiger charge is -2.37. The van der Waals surface area contributed by atoms with Crippen molar-refractivity contribution in [1.29, 1.82) is 0 Å². The van der Waals surface area contributed by atoms with Crippen LogP contribution in [-0.4, -0.2) is 48.9 Å². The first-order chi connectivity index (χ1) is 17.7. The number of hydrogen-bond donors (Lipinski definition) is 4. The summed E-state index contributed by atoms with van der Waals surface area (Å²) < 4.78 is 6.68. The van der Waals surface area contributed by atoms with Gasteiger partial charge in [0.2, 0.25) is 0 Å². The number of piperidine rings is 1. The minimum atomic E-state index is -1.47. The number of amides is 1. The van der Waals surface area contributed by atoms with Gasteiger partial charge < -0.3 is 32.2 Å². The van der Waals surface area contributed by atoms with Gasteiger partial charge in [0.25, 0.3) is 5.91 Å². The van der Waals surface area contributed by atoms with Gasteiger partial charge in [-0.25, -0.2) is 0 Å². The quantitative estimate of drug-likeness (QED) is 0.381. The third-order valence-corrected chi connectivity index (χ3v) is 9.18. The Kier molecular flexibility index (Phi) is 5.80. The first-order valence-corrected chi connectivity index (χ1v) is 13.7. The highest BCUT2D eigenvalue weighted by molar-refractivity contribution is 7.21. The lowest BCUT2D eigenvalue weighted by Crippen LogP contribution is -2.53. The largest absolute Gasteiger partial charge is 0.490 e. The van der Waals surface area contributed by atoms with Gasteiger partial charge >= 0.3 is 0 Å². The van der Waals surface area contributed by atoms with E-state index in [0.717, 1.165) is 60.2 Å². The van der Waals surface area contributed by atoms with Crippen LogP contribution in [0.3, 0.4) is 0 Å². The number of ketones is 1. The predicted octanol–water partition coefficient (Wildman–Crippen LogP) is 2.94. The molecule has 0 radical (unpaired) electrons. The maximum atomic E-state index is 14.0. The fourth-order valence-corrected chi connectivity index (χ4v) is 7.10. The second-order valence-corrected chi connectivity index (χ2v) is 11.8. The number of likely N-dealkylation sites (N-methyl/N-ethyl adjacent to an activating group) is 1. The van der Waals surface area contributed by atoms with Crippen molar-refractivity contribution in [3.63, 3.8) is 0 Å².